The zero-order chi connectivity index (χ0) is 24.5. The summed E-state index contributed by atoms with van der Waals surface area (Å²) in [5.74, 6) is 2.22. The fourth-order valence-electron chi connectivity index (χ4n) is 6.01. The topological polar surface area (TPSA) is 44.1 Å². The summed E-state index contributed by atoms with van der Waals surface area (Å²) in [6, 6.07) is 26.6. The van der Waals surface area contributed by atoms with Gasteiger partial charge in [0, 0.05) is 15.9 Å². The van der Waals surface area contributed by atoms with Crippen molar-refractivity contribution in [1.82, 2.24) is 9.55 Å². The Kier molecular flexibility index (Phi) is 6.18. The van der Waals surface area contributed by atoms with Crippen molar-refractivity contribution in [2.75, 3.05) is 7.11 Å². The van der Waals surface area contributed by atoms with E-state index in [1.54, 1.807) is 18.9 Å². The molecule has 4 nitrogen and oxygen atoms in total. The van der Waals surface area contributed by atoms with Crippen molar-refractivity contribution in [2.24, 2.45) is 0 Å². The normalized spacial score (nSPS) is 15.8. The van der Waals surface area contributed by atoms with Crippen LogP contribution in [-0.4, -0.2) is 16.7 Å². The Labute approximate surface area is 216 Å². The molecule has 1 aromatic heterocycles. The summed E-state index contributed by atoms with van der Waals surface area (Å²) < 4.78 is 7.18. The summed E-state index contributed by atoms with van der Waals surface area (Å²) in [5.41, 5.74) is 5.15. The molecule has 0 aliphatic heterocycles. The lowest BCUT2D eigenvalue weighted by atomic mass is 9.62. The lowest BCUT2D eigenvalue weighted by Gasteiger charge is -2.42. The van der Waals surface area contributed by atoms with Crippen LogP contribution in [0.3, 0.4) is 0 Å². The van der Waals surface area contributed by atoms with Crippen molar-refractivity contribution in [3.63, 3.8) is 0 Å². The van der Waals surface area contributed by atoms with E-state index in [-0.39, 0.29) is 11.0 Å². The van der Waals surface area contributed by atoms with Crippen molar-refractivity contribution in [1.29, 1.82) is 0 Å². The van der Waals surface area contributed by atoms with Gasteiger partial charge in [0.25, 0.3) is 5.56 Å². The molecule has 5 heteroatoms. The molecule has 1 spiro atoms. The molecule has 0 amide bonds. The van der Waals surface area contributed by atoms with Crippen LogP contribution in [0.5, 0.6) is 5.75 Å². The number of thioether (sulfide) groups is 1. The molecule has 1 heterocycles. The second-order valence-electron chi connectivity index (χ2n) is 9.87. The van der Waals surface area contributed by atoms with E-state index in [0.29, 0.717) is 5.75 Å². The van der Waals surface area contributed by atoms with Gasteiger partial charge in [-0.1, -0.05) is 61.7 Å². The predicted octanol–water partition coefficient (Wildman–Crippen LogP) is 6.96. The quantitative estimate of drug-likeness (QED) is 0.281. The highest BCUT2D eigenvalue weighted by molar-refractivity contribution is 7.98. The minimum atomic E-state index is -0.121. The van der Waals surface area contributed by atoms with Gasteiger partial charge in [-0.3, -0.25) is 9.36 Å². The van der Waals surface area contributed by atoms with Gasteiger partial charge in [-0.15, -0.1) is 11.8 Å². The Morgan fingerprint density at radius 3 is 2.39 bits per heavy atom. The minimum absolute atomic E-state index is 0.105. The summed E-state index contributed by atoms with van der Waals surface area (Å²) >= 11 is 1.69. The zero-order valence-corrected chi connectivity index (χ0v) is 21.4. The minimum Gasteiger partial charge on any atom is -0.497 e. The smallest absolute Gasteiger partial charge is 0.262 e. The van der Waals surface area contributed by atoms with Gasteiger partial charge in [0.15, 0.2) is 0 Å². The highest BCUT2D eigenvalue weighted by Gasteiger charge is 2.43. The Morgan fingerprint density at radius 1 is 0.917 bits per heavy atom. The number of hydrogen-bond donors (Lipinski definition) is 0. The summed E-state index contributed by atoms with van der Waals surface area (Å²) in [6.45, 7) is 0. The highest BCUT2D eigenvalue weighted by Crippen LogP contribution is 2.48. The average Bonchev–Trinajstić information content (AvgIpc) is 2.93. The first-order chi connectivity index (χ1) is 17.7. The molecule has 0 unspecified atom stereocenters. The molecular formula is C31H30N2O2S. The van der Waals surface area contributed by atoms with Crippen LogP contribution in [0.15, 0.2) is 88.6 Å². The zero-order valence-electron chi connectivity index (χ0n) is 20.6. The molecule has 182 valence electrons. The predicted molar refractivity (Wildman–Crippen MR) is 146 cm³/mol. The van der Waals surface area contributed by atoms with Crippen LogP contribution < -0.4 is 10.3 Å². The molecule has 2 aliphatic rings. The lowest BCUT2D eigenvalue weighted by molar-refractivity contribution is 0.284. The van der Waals surface area contributed by atoms with Gasteiger partial charge in [0.05, 0.1) is 29.8 Å². The number of benzene rings is 3. The average molecular weight is 495 g/mol. The van der Waals surface area contributed by atoms with Crippen LogP contribution in [0.2, 0.25) is 0 Å². The number of ether oxygens (including phenoxy) is 1. The summed E-state index contributed by atoms with van der Waals surface area (Å²) in [4.78, 5) is 20.9. The van der Waals surface area contributed by atoms with E-state index in [4.69, 9.17) is 9.72 Å². The number of fused-ring (bicyclic) bond motifs is 4. The van der Waals surface area contributed by atoms with E-state index < -0.39 is 0 Å². The van der Waals surface area contributed by atoms with Crippen LogP contribution in [-0.2, 0) is 17.6 Å². The van der Waals surface area contributed by atoms with Crippen molar-refractivity contribution >= 4 is 11.8 Å². The van der Waals surface area contributed by atoms with Gasteiger partial charge in [-0.05, 0) is 61.2 Å². The number of para-hydroxylation sites is 1. The molecule has 36 heavy (non-hydrogen) atoms. The Balaban J connectivity index is 1.53. The van der Waals surface area contributed by atoms with Gasteiger partial charge < -0.3 is 4.74 Å². The third-order valence-corrected chi connectivity index (χ3v) is 8.74. The molecule has 2 aliphatic carbocycles. The van der Waals surface area contributed by atoms with Crippen molar-refractivity contribution in [3.05, 3.63) is 106 Å². The van der Waals surface area contributed by atoms with Gasteiger partial charge in [-0.2, -0.15) is 0 Å². The van der Waals surface area contributed by atoms with Gasteiger partial charge >= 0.3 is 0 Å². The maximum absolute atomic E-state index is 14.5. The van der Waals surface area contributed by atoms with E-state index in [2.05, 4.69) is 36.4 Å². The number of nitrogens with zero attached hydrogens (tertiary/aromatic N) is 2. The van der Waals surface area contributed by atoms with Gasteiger partial charge in [0.2, 0.25) is 0 Å². The fourth-order valence-corrected chi connectivity index (χ4v) is 6.83. The third kappa shape index (κ3) is 4.05. The molecule has 1 fully saturated rings. The number of aromatic nitrogens is 2. The van der Waals surface area contributed by atoms with E-state index in [1.165, 1.54) is 24.8 Å². The molecule has 1 saturated carbocycles. The summed E-state index contributed by atoms with van der Waals surface area (Å²) in [5, 5.41) is 0. The standard InChI is InChI=1S/C31H30N2O2S/c1-35-24-14-16-25(17-15-24)36-21-27-32-29-26-13-7-6-10-22(26)20-31(18-8-3-9-19-31)28(29)30(34)33(27)23-11-4-2-5-12-23/h2,4-7,10-17H,3,8-9,18-21H2,1H3. The first-order valence-corrected chi connectivity index (χ1v) is 13.7. The molecule has 6 rings (SSSR count). The summed E-state index contributed by atoms with van der Waals surface area (Å²) in [7, 11) is 1.68. The second-order valence-corrected chi connectivity index (χ2v) is 10.9. The maximum atomic E-state index is 14.5. The number of rotatable bonds is 5. The van der Waals surface area contributed by atoms with E-state index in [1.807, 2.05) is 47.0 Å². The van der Waals surface area contributed by atoms with Crippen molar-refractivity contribution in [2.45, 2.75) is 54.6 Å². The molecule has 0 saturated heterocycles. The molecule has 0 atom stereocenters. The molecule has 3 aromatic carbocycles. The van der Waals surface area contributed by atoms with Crippen LogP contribution in [0.1, 0.15) is 49.1 Å². The Bertz CT molecular complexity index is 1440. The Morgan fingerprint density at radius 2 is 1.64 bits per heavy atom. The van der Waals surface area contributed by atoms with Crippen LogP contribution in [0, 0.1) is 0 Å². The van der Waals surface area contributed by atoms with E-state index in [0.717, 1.165) is 58.2 Å². The Hall–Kier alpha value is -3.31. The summed E-state index contributed by atoms with van der Waals surface area (Å²) in [6.07, 6.45) is 6.63. The first kappa shape index (κ1) is 23.1. The van der Waals surface area contributed by atoms with Gasteiger partial charge in [-0.25, -0.2) is 4.98 Å². The molecule has 0 radical (unpaired) electrons. The number of hydrogen-bond acceptors (Lipinski definition) is 4. The van der Waals surface area contributed by atoms with Crippen LogP contribution in [0.4, 0.5) is 0 Å². The largest absolute Gasteiger partial charge is 0.497 e. The van der Waals surface area contributed by atoms with Crippen molar-refractivity contribution in [3.8, 4) is 22.7 Å². The van der Waals surface area contributed by atoms with Crippen molar-refractivity contribution < 1.29 is 4.74 Å². The molecule has 4 aromatic rings. The maximum Gasteiger partial charge on any atom is 0.262 e. The molecule has 0 bridgehead atoms. The van der Waals surface area contributed by atoms with Gasteiger partial charge in [0.1, 0.15) is 11.6 Å². The lowest BCUT2D eigenvalue weighted by Crippen LogP contribution is -2.43. The molecular weight excluding hydrogens is 464 g/mol. The third-order valence-electron chi connectivity index (χ3n) is 7.74. The fraction of sp³-hybridized carbons (Fsp3) is 0.290. The van der Waals surface area contributed by atoms with Crippen LogP contribution in [0.25, 0.3) is 16.9 Å². The number of methoxy groups -OCH3 is 1. The molecule has 0 N–H and O–H groups in total. The van der Waals surface area contributed by atoms with E-state index in [9.17, 15) is 4.79 Å². The first-order valence-electron chi connectivity index (χ1n) is 12.8. The highest BCUT2D eigenvalue weighted by atomic mass is 32.2. The van der Waals surface area contributed by atoms with E-state index >= 15 is 0 Å². The monoisotopic (exact) mass is 494 g/mol. The second kappa shape index (κ2) is 9.62. The van der Waals surface area contributed by atoms with Crippen LogP contribution >= 0.6 is 11.8 Å². The SMILES string of the molecule is COc1ccc(SCc2nc3c(c(=O)n2-c2ccccc2)C2(CCCCC2)Cc2ccccc2-3)cc1.